The van der Waals surface area contributed by atoms with Crippen molar-refractivity contribution in [1.29, 1.82) is 0 Å². The summed E-state index contributed by atoms with van der Waals surface area (Å²) in [6.07, 6.45) is 0. The van der Waals surface area contributed by atoms with Crippen molar-refractivity contribution in [2.45, 2.75) is 46.5 Å². The van der Waals surface area contributed by atoms with Crippen molar-refractivity contribution in [3.05, 3.63) is 53.6 Å². The molecule has 2 aromatic rings. The number of anilines is 2. The number of rotatable bonds is 10. The number of thioether (sulfide) groups is 1. The Morgan fingerprint density at radius 2 is 1.40 bits per heavy atom. The molecule has 0 spiro atoms. The fourth-order valence-corrected chi connectivity index (χ4v) is 3.72. The summed E-state index contributed by atoms with van der Waals surface area (Å²) >= 11 is 1.30. The van der Waals surface area contributed by atoms with E-state index in [1.165, 1.54) is 11.8 Å². The first-order valence-corrected chi connectivity index (χ1v) is 11.5. The first-order chi connectivity index (χ1) is 14.3. The van der Waals surface area contributed by atoms with Gasteiger partial charge in [0, 0.05) is 11.4 Å². The van der Waals surface area contributed by atoms with E-state index < -0.39 is 0 Å². The molecule has 2 aromatic carbocycles. The summed E-state index contributed by atoms with van der Waals surface area (Å²) in [7, 11) is 0. The lowest BCUT2D eigenvalue weighted by Gasteiger charge is -2.20. The summed E-state index contributed by atoms with van der Waals surface area (Å²) in [6, 6.07) is 13.4. The number of hydrogen-bond donors (Lipinski definition) is 2. The minimum absolute atomic E-state index is 0.0936. The maximum Gasteiger partial charge on any atom is 0.234 e. The van der Waals surface area contributed by atoms with E-state index >= 15 is 0 Å². The van der Waals surface area contributed by atoms with E-state index in [1.54, 1.807) is 12.1 Å². The van der Waals surface area contributed by atoms with Crippen molar-refractivity contribution in [1.82, 2.24) is 0 Å². The van der Waals surface area contributed by atoms with Crippen LogP contribution in [0.3, 0.4) is 0 Å². The van der Waals surface area contributed by atoms with Gasteiger partial charge in [-0.1, -0.05) is 45.9 Å². The molecular weight excluding hydrogens is 396 g/mol. The molecule has 0 aliphatic heterocycles. The van der Waals surface area contributed by atoms with Crippen molar-refractivity contribution >= 4 is 35.0 Å². The Bertz CT molecular complexity index is 822. The lowest BCUT2D eigenvalue weighted by molar-refractivity contribution is -0.114. The van der Waals surface area contributed by atoms with Crippen LogP contribution in [0.4, 0.5) is 11.4 Å². The zero-order valence-corrected chi connectivity index (χ0v) is 19.3. The molecular formula is C24H32N2O3S. The molecule has 5 nitrogen and oxygen atoms in total. The van der Waals surface area contributed by atoms with Gasteiger partial charge in [0.15, 0.2) is 0 Å². The van der Waals surface area contributed by atoms with Crippen molar-refractivity contribution in [3.8, 4) is 5.75 Å². The highest BCUT2D eigenvalue weighted by atomic mass is 32.2. The largest absolute Gasteiger partial charge is 0.494 e. The minimum Gasteiger partial charge on any atom is -0.494 e. The summed E-state index contributed by atoms with van der Waals surface area (Å²) in [6.45, 7) is 11.0. The fraction of sp³-hybridized carbons (Fsp3) is 0.417. The van der Waals surface area contributed by atoms with Gasteiger partial charge in [0.25, 0.3) is 0 Å². The second-order valence-corrected chi connectivity index (χ2v) is 8.65. The first-order valence-electron chi connectivity index (χ1n) is 10.3. The highest BCUT2D eigenvalue weighted by molar-refractivity contribution is 8.00. The van der Waals surface area contributed by atoms with Crippen LogP contribution in [0.5, 0.6) is 5.75 Å². The molecule has 0 aromatic heterocycles. The van der Waals surface area contributed by atoms with Gasteiger partial charge >= 0.3 is 0 Å². The molecule has 2 rings (SSSR count). The molecule has 0 bridgehead atoms. The van der Waals surface area contributed by atoms with E-state index in [0.717, 1.165) is 22.6 Å². The Morgan fingerprint density at radius 3 is 1.90 bits per heavy atom. The van der Waals surface area contributed by atoms with Crippen LogP contribution in [-0.2, 0) is 9.59 Å². The van der Waals surface area contributed by atoms with Gasteiger partial charge in [0.1, 0.15) is 5.75 Å². The van der Waals surface area contributed by atoms with Gasteiger partial charge in [-0.05, 0) is 54.2 Å². The summed E-state index contributed by atoms with van der Waals surface area (Å²) in [5.74, 6) is 1.60. The van der Waals surface area contributed by atoms with Crippen LogP contribution in [0.25, 0.3) is 0 Å². The van der Waals surface area contributed by atoms with Gasteiger partial charge in [0.2, 0.25) is 11.8 Å². The molecule has 0 atom stereocenters. The summed E-state index contributed by atoms with van der Waals surface area (Å²) in [5, 5.41) is 5.91. The maximum absolute atomic E-state index is 12.5. The molecule has 0 saturated carbocycles. The van der Waals surface area contributed by atoms with Crippen molar-refractivity contribution in [2.75, 3.05) is 28.7 Å². The smallest absolute Gasteiger partial charge is 0.234 e. The fourth-order valence-electron chi connectivity index (χ4n) is 3.11. The highest BCUT2D eigenvalue weighted by Crippen LogP contribution is 2.32. The number of carbonyl (C=O) groups is 2. The van der Waals surface area contributed by atoms with Crippen LogP contribution in [0.1, 0.15) is 57.6 Å². The summed E-state index contributed by atoms with van der Waals surface area (Å²) in [5.41, 5.74) is 3.88. The van der Waals surface area contributed by atoms with E-state index in [1.807, 2.05) is 25.1 Å². The summed E-state index contributed by atoms with van der Waals surface area (Å²) < 4.78 is 5.39. The highest BCUT2D eigenvalue weighted by Gasteiger charge is 2.16. The Hall–Kier alpha value is -2.47. The monoisotopic (exact) mass is 428 g/mol. The maximum atomic E-state index is 12.5. The molecule has 2 N–H and O–H groups in total. The van der Waals surface area contributed by atoms with E-state index in [9.17, 15) is 9.59 Å². The van der Waals surface area contributed by atoms with Crippen LogP contribution in [0.15, 0.2) is 42.5 Å². The number of nitrogens with one attached hydrogen (secondary N) is 2. The first kappa shape index (κ1) is 23.8. The normalized spacial score (nSPS) is 10.9. The lowest BCUT2D eigenvalue weighted by atomic mass is 9.92. The van der Waals surface area contributed by atoms with Crippen molar-refractivity contribution in [2.24, 2.45) is 0 Å². The molecule has 0 aliphatic carbocycles. The van der Waals surface area contributed by atoms with E-state index in [-0.39, 0.29) is 23.3 Å². The number of para-hydroxylation sites is 1. The van der Waals surface area contributed by atoms with E-state index in [2.05, 4.69) is 50.5 Å². The Labute approximate surface area is 184 Å². The van der Waals surface area contributed by atoms with E-state index in [4.69, 9.17) is 4.74 Å². The minimum atomic E-state index is -0.137. The predicted molar refractivity (Wildman–Crippen MR) is 127 cm³/mol. The quantitative estimate of drug-likeness (QED) is 0.514. The topological polar surface area (TPSA) is 67.4 Å². The molecule has 0 unspecified atom stereocenters. The lowest BCUT2D eigenvalue weighted by Crippen LogP contribution is -2.20. The number of amides is 2. The average Bonchev–Trinajstić information content (AvgIpc) is 2.69. The van der Waals surface area contributed by atoms with Crippen LogP contribution >= 0.6 is 11.8 Å². The van der Waals surface area contributed by atoms with Crippen LogP contribution < -0.4 is 15.4 Å². The third-order valence-electron chi connectivity index (χ3n) is 4.55. The van der Waals surface area contributed by atoms with Gasteiger partial charge in [-0.2, -0.15) is 0 Å². The van der Waals surface area contributed by atoms with Crippen LogP contribution in [0.2, 0.25) is 0 Å². The number of hydrogen-bond acceptors (Lipinski definition) is 4. The van der Waals surface area contributed by atoms with Gasteiger partial charge in [-0.25, -0.2) is 0 Å². The Kier molecular flexibility index (Phi) is 9.24. The molecule has 0 saturated heterocycles. The average molecular weight is 429 g/mol. The standard InChI is InChI=1S/C24H32N2O3S/c1-6-29-19-12-10-18(11-13-19)25-22(27)14-30-15-23(28)26-24-20(16(2)3)8-7-9-21(24)17(4)5/h7-13,16-17H,6,14-15H2,1-5H3,(H,25,27)(H,26,28). The van der Waals surface area contributed by atoms with E-state index in [0.29, 0.717) is 24.1 Å². The molecule has 0 aliphatic rings. The molecule has 6 heteroatoms. The third kappa shape index (κ3) is 7.10. The zero-order valence-electron chi connectivity index (χ0n) is 18.5. The Balaban J connectivity index is 1.87. The van der Waals surface area contributed by atoms with Gasteiger partial charge in [-0.3, -0.25) is 9.59 Å². The zero-order chi connectivity index (χ0) is 22.1. The molecule has 162 valence electrons. The van der Waals surface area contributed by atoms with Gasteiger partial charge in [-0.15, -0.1) is 11.8 Å². The van der Waals surface area contributed by atoms with Crippen molar-refractivity contribution in [3.63, 3.8) is 0 Å². The summed E-state index contributed by atoms with van der Waals surface area (Å²) in [4.78, 5) is 24.7. The third-order valence-corrected chi connectivity index (χ3v) is 5.49. The molecule has 30 heavy (non-hydrogen) atoms. The number of ether oxygens (including phenoxy) is 1. The van der Waals surface area contributed by atoms with Gasteiger partial charge < -0.3 is 15.4 Å². The van der Waals surface area contributed by atoms with Crippen molar-refractivity contribution < 1.29 is 14.3 Å². The predicted octanol–water partition coefficient (Wildman–Crippen LogP) is 5.64. The number of benzene rings is 2. The molecule has 0 radical (unpaired) electrons. The molecule has 2 amide bonds. The molecule has 0 heterocycles. The Morgan fingerprint density at radius 1 is 0.867 bits per heavy atom. The second kappa shape index (κ2) is 11.6. The second-order valence-electron chi connectivity index (χ2n) is 7.67. The van der Waals surface area contributed by atoms with Crippen LogP contribution in [0, 0.1) is 0 Å². The number of carbonyl (C=O) groups excluding carboxylic acids is 2. The van der Waals surface area contributed by atoms with Crippen LogP contribution in [-0.4, -0.2) is 29.9 Å². The SMILES string of the molecule is CCOc1ccc(NC(=O)CSCC(=O)Nc2c(C(C)C)cccc2C(C)C)cc1. The van der Waals surface area contributed by atoms with Gasteiger partial charge in [0.05, 0.1) is 18.1 Å². The molecule has 0 fully saturated rings.